The maximum absolute atomic E-state index is 13.1. The van der Waals surface area contributed by atoms with Gasteiger partial charge in [-0.2, -0.15) is 0 Å². The summed E-state index contributed by atoms with van der Waals surface area (Å²) in [6.45, 7) is 3.13. The highest BCUT2D eigenvalue weighted by atomic mass is 35.5. The molecule has 1 amide bonds. The van der Waals surface area contributed by atoms with Gasteiger partial charge < -0.3 is 14.4 Å². The fraction of sp³-hybridized carbons (Fsp3) is 0.571. The Morgan fingerprint density at radius 2 is 1.93 bits per heavy atom. The van der Waals surface area contributed by atoms with Gasteiger partial charge in [-0.1, -0.05) is 41.4 Å². The number of hydrogen-bond acceptors (Lipinski definition) is 4. The minimum Gasteiger partial charge on any atom is -0.347 e. The molecule has 4 rings (SSSR count). The predicted octanol–water partition coefficient (Wildman–Crippen LogP) is 3.53. The third kappa shape index (κ3) is 4.10. The summed E-state index contributed by atoms with van der Waals surface area (Å²) in [6, 6.07) is 5.70. The summed E-state index contributed by atoms with van der Waals surface area (Å²) in [4.78, 5) is 17.4. The summed E-state index contributed by atoms with van der Waals surface area (Å²) in [7, 11) is 1.90. The van der Waals surface area contributed by atoms with Crippen LogP contribution in [-0.2, 0) is 20.7 Å². The van der Waals surface area contributed by atoms with Crippen LogP contribution in [-0.4, -0.2) is 66.9 Å². The summed E-state index contributed by atoms with van der Waals surface area (Å²) >= 11 is 12.1. The summed E-state index contributed by atoms with van der Waals surface area (Å²) < 4.78 is 11.9. The van der Waals surface area contributed by atoms with Gasteiger partial charge in [0.25, 0.3) is 0 Å². The third-order valence-electron chi connectivity index (χ3n) is 6.14. The Balaban J connectivity index is 1.50. The molecule has 152 valence electrons. The van der Waals surface area contributed by atoms with Gasteiger partial charge in [-0.15, -0.1) is 0 Å². The number of likely N-dealkylation sites (N-methyl/N-ethyl adjacent to an activating group) is 1. The number of carbonyl (C=O) groups excluding carboxylic acids is 1. The highest BCUT2D eigenvalue weighted by Gasteiger charge is 2.48. The number of rotatable bonds is 4. The Morgan fingerprint density at radius 1 is 1.21 bits per heavy atom. The van der Waals surface area contributed by atoms with Crippen molar-refractivity contribution in [3.8, 4) is 0 Å². The van der Waals surface area contributed by atoms with Gasteiger partial charge in [0, 0.05) is 39.0 Å². The number of nitrogens with zero attached hydrogens (tertiary/aromatic N) is 2. The van der Waals surface area contributed by atoms with Crippen molar-refractivity contribution < 1.29 is 14.3 Å². The lowest BCUT2D eigenvalue weighted by Crippen LogP contribution is -2.58. The largest absolute Gasteiger partial charge is 0.347 e. The third-order valence-corrected chi connectivity index (χ3v) is 6.88. The molecule has 0 bridgehead atoms. The maximum atomic E-state index is 13.1. The van der Waals surface area contributed by atoms with Crippen LogP contribution in [0.5, 0.6) is 0 Å². The van der Waals surface area contributed by atoms with E-state index >= 15 is 0 Å². The van der Waals surface area contributed by atoms with Gasteiger partial charge in [0.2, 0.25) is 5.91 Å². The summed E-state index contributed by atoms with van der Waals surface area (Å²) in [6.07, 6.45) is 7.22. The first-order valence-electron chi connectivity index (χ1n) is 9.84. The lowest BCUT2D eigenvalue weighted by Gasteiger charge is -2.47. The summed E-state index contributed by atoms with van der Waals surface area (Å²) in [5.41, 5.74) is 0.865. The van der Waals surface area contributed by atoms with Crippen LogP contribution >= 0.6 is 23.2 Å². The van der Waals surface area contributed by atoms with Gasteiger partial charge in [-0.3, -0.25) is 9.69 Å². The van der Waals surface area contributed by atoms with E-state index in [0.29, 0.717) is 42.1 Å². The van der Waals surface area contributed by atoms with Crippen molar-refractivity contribution in [2.24, 2.45) is 0 Å². The van der Waals surface area contributed by atoms with Crippen molar-refractivity contribution in [1.82, 2.24) is 9.80 Å². The Morgan fingerprint density at radius 3 is 2.61 bits per heavy atom. The Bertz CT molecular complexity index is 756. The van der Waals surface area contributed by atoms with E-state index in [0.717, 1.165) is 31.5 Å². The van der Waals surface area contributed by atoms with E-state index < -0.39 is 5.79 Å². The molecule has 2 atom stereocenters. The number of carbonyl (C=O) groups is 1. The monoisotopic (exact) mass is 424 g/mol. The molecule has 0 aromatic heterocycles. The van der Waals surface area contributed by atoms with E-state index in [1.54, 1.807) is 12.1 Å². The molecule has 5 nitrogen and oxygen atoms in total. The van der Waals surface area contributed by atoms with E-state index in [4.69, 9.17) is 32.7 Å². The Kier molecular flexibility index (Phi) is 6.00. The number of hydrogen-bond donors (Lipinski definition) is 0. The molecule has 1 aliphatic carbocycles. The van der Waals surface area contributed by atoms with Crippen LogP contribution in [0.4, 0.5) is 0 Å². The zero-order chi connectivity index (χ0) is 19.7. The molecule has 1 aromatic carbocycles. The van der Waals surface area contributed by atoms with Crippen molar-refractivity contribution in [1.29, 1.82) is 0 Å². The molecular formula is C21H26Cl2N2O3. The number of benzene rings is 1. The number of halogens is 2. The van der Waals surface area contributed by atoms with Gasteiger partial charge in [0.05, 0.1) is 35.7 Å². The molecule has 7 heteroatoms. The molecule has 1 saturated heterocycles. The Labute approximate surface area is 176 Å². The average Bonchev–Trinajstić information content (AvgIpc) is 3.37. The molecule has 1 spiro atoms. The van der Waals surface area contributed by atoms with Gasteiger partial charge in [0.15, 0.2) is 5.79 Å². The normalized spacial score (nSPS) is 26.8. The van der Waals surface area contributed by atoms with Crippen LogP contribution in [0.15, 0.2) is 30.4 Å². The SMILES string of the molecule is CN(C(=O)Cc1ccc(Cl)c(Cl)c1)C1CC2(CCC1N1CC=CC1)OCCO2. The first kappa shape index (κ1) is 20.2. The molecule has 1 aromatic rings. The van der Waals surface area contributed by atoms with Gasteiger partial charge in [-0.05, 0) is 24.1 Å². The molecule has 0 radical (unpaired) electrons. The summed E-state index contributed by atoms with van der Waals surface area (Å²) in [5.74, 6) is -0.470. The molecule has 2 aliphatic heterocycles. The predicted molar refractivity (Wildman–Crippen MR) is 110 cm³/mol. The minimum atomic E-state index is -0.535. The average molecular weight is 425 g/mol. The molecule has 1 saturated carbocycles. The molecule has 0 N–H and O–H groups in total. The van der Waals surface area contributed by atoms with Crippen LogP contribution in [0.2, 0.25) is 10.0 Å². The second-order valence-corrected chi connectivity index (χ2v) is 8.65. The number of amides is 1. The van der Waals surface area contributed by atoms with E-state index in [1.807, 2.05) is 18.0 Å². The fourth-order valence-electron chi connectivity index (χ4n) is 4.60. The van der Waals surface area contributed by atoms with Crippen LogP contribution in [0.3, 0.4) is 0 Å². The van der Waals surface area contributed by atoms with Crippen molar-refractivity contribution in [3.05, 3.63) is 46.0 Å². The van der Waals surface area contributed by atoms with Crippen LogP contribution in [0.1, 0.15) is 24.8 Å². The molecule has 3 aliphatic rings. The Hall–Kier alpha value is -1.11. The molecule has 28 heavy (non-hydrogen) atoms. The van der Waals surface area contributed by atoms with Gasteiger partial charge >= 0.3 is 0 Å². The first-order chi connectivity index (χ1) is 13.5. The van der Waals surface area contributed by atoms with Crippen molar-refractivity contribution in [2.45, 2.75) is 43.6 Å². The maximum Gasteiger partial charge on any atom is 0.227 e. The topological polar surface area (TPSA) is 42.0 Å². The number of ether oxygens (including phenoxy) is 2. The zero-order valence-corrected chi connectivity index (χ0v) is 17.6. The van der Waals surface area contributed by atoms with Crippen molar-refractivity contribution in [3.63, 3.8) is 0 Å². The first-order valence-corrected chi connectivity index (χ1v) is 10.6. The minimum absolute atomic E-state index is 0.0435. The van der Waals surface area contributed by atoms with Gasteiger partial charge in [-0.25, -0.2) is 0 Å². The van der Waals surface area contributed by atoms with E-state index in [-0.39, 0.29) is 11.9 Å². The van der Waals surface area contributed by atoms with Crippen molar-refractivity contribution >= 4 is 29.1 Å². The molecule has 2 unspecified atom stereocenters. The second-order valence-electron chi connectivity index (χ2n) is 7.84. The van der Waals surface area contributed by atoms with E-state index in [1.165, 1.54) is 0 Å². The van der Waals surface area contributed by atoms with E-state index in [2.05, 4.69) is 17.1 Å². The fourth-order valence-corrected chi connectivity index (χ4v) is 4.92. The summed E-state index contributed by atoms with van der Waals surface area (Å²) in [5, 5.41) is 0.970. The van der Waals surface area contributed by atoms with Crippen molar-refractivity contribution in [2.75, 3.05) is 33.4 Å². The second kappa shape index (κ2) is 8.33. The van der Waals surface area contributed by atoms with Crippen LogP contribution in [0, 0.1) is 0 Å². The molecule has 2 fully saturated rings. The standard InChI is InChI=1S/C21H26Cl2N2O3/c1-24(20(26)13-15-4-5-16(22)17(23)12-15)19-14-21(27-10-11-28-21)7-6-18(19)25-8-2-3-9-25/h2-5,12,18-19H,6-11,13-14H2,1H3. The van der Waals surface area contributed by atoms with Crippen LogP contribution in [0.25, 0.3) is 0 Å². The lowest BCUT2D eigenvalue weighted by molar-refractivity contribution is -0.198. The highest BCUT2D eigenvalue weighted by molar-refractivity contribution is 6.42. The molecule has 2 heterocycles. The highest BCUT2D eigenvalue weighted by Crippen LogP contribution is 2.40. The van der Waals surface area contributed by atoms with E-state index in [9.17, 15) is 4.79 Å². The van der Waals surface area contributed by atoms with Crippen LogP contribution < -0.4 is 0 Å². The van der Waals surface area contributed by atoms with Gasteiger partial charge in [0.1, 0.15) is 0 Å². The quantitative estimate of drug-likeness (QED) is 0.693. The zero-order valence-electron chi connectivity index (χ0n) is 16.1. The molecular weight excluding hydrogens is 399 g/mol. The lowest BCUT2D eigenvalue weighted by atomic mass is 9.83. The smallest absolute Gasteiger partial charge is 0.227 e.